The lowest BCUT2D eigenvalue weighted by atomic mass is 9.97. The molecular weight excluding hydrogens is 155 g/mol. The molecule has 0 aromatic carbocycles. The van der Waals surface area contributed by atoms with Crippen molar-refractivity contribution in [3.8, 4) is 0 Å². The summed E-state index contributed by atoms with van der Waals surface area (Å²) in [6.07, 6.45) is 1.72. The molecule has 1 aliphatic heterocycles. The highest BCUT2D eigenvalue weighted by atomic mass is 19.1. The summed E-state index contributed by atoms with van der Waals surface area (Å²) < 4.78 is 13.5. The molecule has 72 valence electrons. The van der Waals surface area contributed by atoms with E-state index >= 15 is 0 Å². The Balaban J connectivity index is 2.26. The molecule has 1 rings (SSSR count). The predicted molar refractivity (Wildman–Crippen MR) is 49.1 cm³/mol. The van der Waals surface area contributed by atoms with Crippen molar-refractivity contribution in [3.05, 3.63) is 0 Å². The van der Waals surface area contributed by atoms with E-state index in [1.54, 1.807) is 6.92 Å². The van der Waals surface area contributed by atoms with E-state index in [0.717, 1.165) is 32.5 Å². The summed E-state index contributed by atoms with van der Waals surface area (Å²) in [7, 11) is 1.93. The Morgan fingerprint density at radius 2 is 2.33 bits per heavy atom. The highest BCUT2D eigenvalue weighted by molar-refractivity contribution is 4.83. The van der Waals surface area contributed by atoms with E-state index in [1.807, 2.05) is 7.05 Å². The van der Waals surface area contributed by atoms with Gasteiger partial charge in [0.2, 0.25) is 0 Å². The minimum absolute atomic E-state index is 0.606. The van der Waals surface area contributed by atoms with Crippen LogP contribution < -0.4 is 5.32 Å². The highest BCUT2D eigenvalue weighted by Crippen LogP contribution is 2.23. The minimum atomic E-state index is -0.952. The van der Waals surface area contributed by atoms with Gasteiger partial charge in [-0.3, -0.25) is 4.90 Å². The van der Waals surface area contributed by atoms with Gasteiger partial charge in [-0.25, -0.2) is 4.39 Å². The standard InChI is InChI=1S/C9H19FN2/c1-9(10)4-3-6-12(8-9)7-5-11-2/h11H,3-8H2,1-2H3. The molecule has 0 bridgehead atoms. The number of alkyl halides is 1. The van der Waals surface area contributed by atoms with Crippen LogP contribution in [0.5, 0.6) is 0 Å². The predicted octanol–water partition coefficient (Wildman–Crippen LogP) is 1.03. The fourth-order valence-electron chi connectivity index (χ4n) is 1.76. The number of likely N-dealkylation sites (N-methyl/N-ethyl adjacent to an activating group) is 1. The summed E-state index contributed by atoms with van der Waals surface area (Å²) in [6, 6.07) is 0. The molecule has 1 heterocycles. The number of hydrogen-bond acceptors (Lipinski definition) is 2. The van der Waals surface area contributed by atoms with Crippen LogP contribution >= 0.6 is 0 Å². The van der Waals surface area contributed by atoms with Crippen LogP contribution in [0, 0.1) is 0 Å². The maximum atomic E-state index is 13.5. The Bertz CT molecular complexity index is 136. The minimum Gasteiger partial charge on any atom is -0.318 e. The molecule has 1 atom stereocenters. The third kappa shape index (κ3) is 3.07. The normalized spacial score (nSPS) is 32.2. The first-order chi connectivity index (χ1) is 5.64. The van der Waals surface area contributed by atoms with Crippen LogP contribution in [-0.2, 0) is 0 Å². The molecule has 1 unspecified atom stereocenters. The highest BCUT2D eigenvalue weighted by Gasteiger charge is 2.29. The van der Waals surface area contributed by atoms with E-state index < -0.39 is 5.67 Å². The van der Waals surface area contributed by atoms with Crippen LogP contribution in [0.4, 0.5) is 4.39 Å². The van der Waals surface area contributed by atoms with Crippen molar-refractivity contribution in [1.82, 2.24) is 10.2 Å². The van der Waals surface area contributed by atoms with Gasteiger partial charge in [0.15, 0.2) is 0 Å². The Morgan fingerprint density at radius 1 is 1.58 bits per heavy atom. The largest absolute Gasteiger partial charge is 0.318 e. The van der Waals surface area contributed by atoms with Crippen molar-refractivity contribution in [3.63, 3.8) is 0 Å². The van der Waals surface area contributed by atoms with E-state index in [-0.39, 0.29) is 0 Å². The lowest BCUT2D eigenvalue weighted by Gasteiger charge is -2.34. The van der Waals surface area contributed by atoms with Crippen molar-refractivity contribution in [2.45, 2.75) is 25.4 Å². The molecule has 3 heteroatoms. The van der Waals surface area contributed by atoms with Gasteiger partial charge in [0.1, 0.15) is 5.67 Å². The van der Waals surface area contributed by atoms with E-state index in [0.29, 0.717) is 6.54 Å². The Hall–Kier alpha value is -0.150. The van der Waals surface area contributed by atoms with Crippen molar-refractivity contribution < 1.29 is 4.39 Å². The fourth-order valence-corrected chi connectivity index (χ4v) is 1.76. The maximum absolute atomic E-state index is 13.5. The molecule has 1 aliphatic rings. The zero-order valence-corrected chi connectivity index (χ0v) is 8.07. The molecule has 0 aromatic rings. The summed E-state index contributed by atoms with van der Waals surface area (Å²) >= 11 is 0. The molecular formula is C9H19FN2. The lowest BCUT2D eigenvalue weighted by molar-refractivity contribution is 0.0615. The van der Waals surface area contributed by atoms with Gasteiger partial charge in [-0.2, -0.15) is 0 Å². The van der Waals surface area contributed by atoms with Crippen molar-refractivity contribution in [2.24, 2.45) is 0 Å². The van der Waals surface area contributed by atoms with Gasteiger partial charge >= 0.3 is 0 Å². The van der Waals surface area contributed by atoms with E-state index in [2.05, 4.69) is 10.2 Å². The number of nitrogens with zero attached hydrogens (tertiary/aromatic N) is 1. The summed E-state index contributed by atoms with van der Waals surface area (Å²) in [6.45, 7) is 5.29. The van der Waals surface area contributed by atoms with E-state index in [4.69, 9.17) is 0 Å². The molecule has 1 N–H and O–H groups in total. The first-order valence-corrected chi connectivity index (χ1v) is 4.70. The summed E-state index contributed by atoms with van der Waals surface area (Å²) in [4.78, 5) is 2.19. The smallest absolute Gasteiger partial charge is 0.120 e. The molecule has 1 fully saturated rings. The van der Waals surface area contributed by atoms with Crippen molar-refractivity contribution in [1.29, 1.82) is 0 Å². The maximum Gasteiger partial charge on any atom is 0.120 e. The first-order valence-electron chi connectivity index (χ1n) is 4.70. The quantitative estimate of drug-likeness (QED) is 0.687. The second kappa shape index (κ2) is 4.19. The van der Waals surface area contributed by atoms with Gasteiger partial charge < -0.3 is 5.32 Å². The van der Waals surface area contributed by atoms with Crippen LogP contribution in [-0.4, -0.2) is 43.8 Å². The summed E-state index contributed by atoms with van der Waals surface area (Å²) in [5, 5.41) is 3.08. The molecule has 12 heavy (non-hydrogen) atoms. The van der Waals surface area contributed by atoms with Crippen LogP contribution in [0.2, 0.25) is 0 Å². The van der Waals surface area contributed by atoms with Crippen LogP contribution in [0.1, 0.15) is 19.8 Å². The number of likely N-dealkylation sites (tertiary alicyclic amines) is 1. The van der Waals surface area contributed by atoms with Crippen LogP contribution in [0.15, 0.2) is 0 Å². The SMILES string of the molecule is CNCCN1CCCC(C)(F)C1. The lowest BCUT2D eigenvalue weighted by Crippen LogP contribution is -2.45. The molecule has 0 spiro atoms. The van der Waals surface area contributed by atoms with Gasteiger partial charge in [0.05, 0.1) is 0 Å². The summed E-state index contributed by atoms with van der Waals surface area (Å²) in [5.74, 6) is 0. The average Bonchev–Trinajstić information content (AvgIpc) is 1.99. The topological polar surface area (TPSA) is 15.3 Å². The first kappa shape index (κ1) is 9.93. The monoisotopic (exact) mass is 174 g/mol. The number of nitrogens with one attached hydrogen (secondary N) is 1. The van der Waals surface area contributed by atoms with Gasteiger partial charge in [-0.15, -0.1) is 0 Å². The van der Waals surface area contributed by atoms with Gasteiger partial charge in [0.25, 0.3) is 0 Å². The number of piperidine rings is 1. The van der Waals surface area contributed by atoms with E-state index in [9.17, 15) is 4.39 Å². The number of rotatable bonds is 3. The average molecular weight is 174 g/mol. The Labute approximate surface area is 74.1 Å². The molecule has 0 aliphatic carbocycles. The number of hydrogen-bond donors (Lipinski definition) is 1. The molecule has 0 radical (unpaired) electrons. The fraction of sp³-hybridized carbons (Fsp3) is 1.00. The second-order valence-electron chi connectivity index (χ2n) is 3.90. The Morgan fingerprint density at radius 3 is 2.92 bits per heavy atom. The zero-order chi connectivity index (χ0) is 9.03. The number of halogens is 1. The van der Waals surface area contributed by atoms with Crippen LogP contribution in [0.3, 0.4) is 0 Å². The molecule has 2 nitrogen and oxygen atoms in total. The Kier molecular flexibility index (Phi) is 3.47. The molecule has 1 saturated heterocycles. The zero-order valence-electron chi connectivity index (χ0n) is 8.07. The van der Waals surface area contributed by atoms with Gasteiger partial charge in [-0.1, -0.05) is 0 Å². The molecule has 0 saturated carbocycles. The third-order valence-corrected chi connectivity index (χ3v) is 2.40. The van der Waals surface area contributed by atoms with Crippen molar-refractivity contribution in [2.75, 3.05) is 33.2 Å². The van der Waals surface area contributed by atoms with Gasteiger partial charge in [0, 0.05) is 19.6 Å². The summed E-state index contributed by atoms with van der Waals surface area (Å²) in [5.41, 5.74) is -0.952. The van der Waals surface area contributed by atoms with Crippen LogP contribution in [0.25, 0.3) is 0 Å². The third-order valence-electron chi connectivity index (χ3n) is 2.40. The second-order valence-corrected chi connectivity index (χ2v) is 3.90. The van der Waals surface area contributed by atoms with Gasteiger partial charge in [-0.05, 0) is 33.4 Å². The molecule has 0 amide bonds. The molecule has 0 aromatic heterocycles. The van der Waals surface area contributed by atoms with E-state index in [1.165, 1.54) is 0 Å². The van der Waals surface area contributed by atoms with Crippen molar-refractivity contribution >= 4 is 0 Å².